The van der Waals surface area contributed by atoms with Gasteiger partial charge in [0.05, 0.1) is 28.8 Å². The molecule has 164 valence electrons. The molecular weight excluding hydrogens is 420 g/mol. The van der Waals surface area contributed by atoms with Crippen LogP contribution in [0.25, 0.3) is 16.2 Å². The lowest BCUT2D eigenvalue weighted by Gasteiger charge is -2.29. The van der Waals surface area contributed by atoms with Crippen LogP contribution in [0, 0.1) is 5.92 Å². The van der Waals surface area contributed by atoms with Crippen LogP contribution in [0.4, 0.5) is 5.13 Å². The monoisotopic (exact) mass is 446 g/mol. The molecular formula is C24H26N6OS. The van der Waals surface area contributed by atoms with Gasteiger partial charge in [-0.05, 0) is 43.0 Å². The molecule has 2 atom stereocenters. The summed E-state index contributed by atoms with van der Waals surface area (Å²) in [6.07, 6.45) is 10.1. The minimum absolute atomic E-state index is 0.100. The molecule has 0 aromatic carbocycles. The van der Waals surface area contributed by atoms with Crippen molar-refractivity contribution in [3.05, 3.63) is 66.4 Å². The summed E-state index contributed by atoms with van der Waals surface area (Å²) in [5.41, 5.74) is 2.22. The highest BCUT2D eigenvalue weighted by atomic mass is 32.1. The minimum atomic E-state index is -0.100. The number of imidazole rings is 1. The zero-order valence-electron chi connectivity index (χ0n) is 18.0. The number of hydrogen-bond acceptors (Lipinski definition) is 6. The predicted molar refractivity (Wildman–Crippen MR) is 127 cm³/mol. The highest BCUT2D eigenvalue weighted by Gasteiger charge is 2.26. The zero-order valence-corrected chi connectivity index (χ0v) is 18.8. The Kier molecular flexibility index (Phi) is 5.85. The SMILES string of the molecule is CC1CCCCC1NC(=O)c1nc(-c2cnc(NCc3ccccn3)s2)n2ccccc12. The third-order valence-corrected chi connectivity index (χ3v) is 7.02. The fraction of sp³-hybridized carbons (Fsp3) is 0.333. The van der Waals surface area contributed by atoms with Crippen LogP contribution in [-0.4, -0.2) is 31.3 Å². The summed E-state index contributed by atoms with van der Waals surface area (Å²) >= 11 is 1.52. The molecule has 4 aromatic rings. The highest BCUT2D eigenvalue weighted by molar-refractivity contribution is 7.18. The fourth-order valence-corrected chi connectivity index (χ4v) is 5.07. The number of nitrogens with zero attached hydrogens (tertiary/aromatic N) is 4. The highest BCUT2D eigenvalue weighted by Crippen LogP contribution is 2.31. The van der Waals surface area contributed by atoms with Crippen LogP contribution < -0.4 is 10.6 Å². The van der Waals surface area contributed by atoms with E-state index in [0.717, 1.165) is 39.9 Å². The molecule has 0 saturated heterocycles. The average molecular weight is 447 g/mol. The summed E-state index contributed by atoms with van der Waals surface area (Å²) in [5, 5.41) is 7.35. The molecule has 2 unspecified atom stereocenters. The zero-order chi connectivity index (χ0) is 21.9. The van der Waals surface area contributed by atoms with Gasteiger partial charge in [-0.3, -0.25) is 14.2 Å². The van der Waals surface area contributed by atoms with Crippen molar-refractivity contribution in [3.63, 3.8) is 0 Å². The lowest BCUT2D eigenvalue weighted by Crippen LogP contribution is -2.41. The Balaban J connectivity index is 1.39. The lowest BCUT2D eigenvalue weighted by molar-refractivity contribution is 0.0907. The van der Waals surface area contributed by atoms with Gasteiger partial charge in [0.2, 0.25) is 0 Å². The Labute approximate surface area is 191 Å². The van der Waals surface area contributed by atoms with E-state index in [4.69, 9.17) is 4.98 Å². The van der Waals surface area contributed by atoms with E-state index in [9.17, 15) is 4.79 Å². The van der Waals surface area contributed by atoms with E-state index in [1.54, 1.807) is 12.4 Å². The molecule has 0 spiro atoms. The first-order valence-corrected chi connectivity index (χ1v) is 11.9. The average Bonchev–Trinajstić information content (AvgIpc) is 3.45. The van der Waals surface area contributed by atoms with Gasteiger partial charge in [0.25, 0.3) is 5.91 Å². The Hall–Kier alpha value is -3.26. The van der Waals surface area contributed by atoms with E-state index < -0.39 is 0 Å². The molecule has 0 aliphatic heterocycles. The maximum absolute atomic E-state index is 13.2. The van der Waals surface area contributed by atoms with Gasteiger partial charge >= 0.3 is 0 Å². The number of amides is 1. The van der Waals surface area contributed by atoms with Crippen molar-refractivity contribution in [1.82, 2.24) is 24.7 Å². The second kappa shape index (κ2) is 9.08. The molecule has 7 nitrogen and oxygen atoms in total. The Morgan fingerprint density at radius 1 is 1.16 bits per heavy atom. The number of carbonyl (C=O) groups excluding carboxylic acids is 1. The number of hydrogen-bond donors (Lipinski definition) is 2. The number of fused-ring (bicyclic) bond motifs is 1. The topological polar surface area (TPSA) is 84.2 Å². The van der Waals surface area contributed by atoms with Crippen molar-refractivity contribution in [1.29, 1.82) is 0 Å². The first-order valence-electron chi connectivity index (χ1n) is 11.1. The summed E-state index contributed by atoms with van der Waals surface area (Å²) in [6.45, 7) is 2.82. The minimum Gasteiger partial charge on any atom is -0.356 e. The Morgan fingerprint density at radius 3 is 2.88 bits per heavy atom. The third kappa shape index (κ3) is 4.23. The number of rotatable bonds is 6. The molecule has 0 radical (unpaired) electrons. The smallest absolute Gasteiger partial charge is 0.272 e. The number of thiazole rings is 1. The summed E-state index contributed by atoms with van der Waals surface area (Å²) in [6, 6.07) is 11.9. The van der Waals surface area contributed by atoms with Crippen molar-refractivity contribution in [2.24, 2.45) is 5.92 Å². The summed E-state index contributed by atoms with van der Waals surface area (Å²) in [7, 11) is 0. The maximum atomic E-state index is 13.2. The van der Waals surface area contributed by atoms with Crippen LogP contribution >= 0.6 is 11.3 Å². The van der Waals surface area contributed by atoms with Crippen molar-refractivity contribution in [2.45, 2.75) is 45.2 Å². The second-order valence-electron chi connectivity index (χ2n) is 8.29. The first kappa shape index (κ1) is 20.6. The van der Waals surface area contributed by atoms with Gasteiger partial charge in [-0.1, -0.05) is 43.2 Å². The summed E-state index contributed by atoms with van der Waals surface area (Å²) in [5.74, 6) is 1.12. The normalized spacial score (nSPS) is 18.5. The lowest BCUT2D eigenvalue weighted by atomic mass is 9.86. The van der Waals surface area contributed by atoms with Crippen LogP contribution in [0.1, 0.15) is 48.8 Å². The number of anilines is 1. The van der Waals surface area contributed by atoms with E-state index in [1.165, 1.54) is 24.2 Å². The number of aromatic nitrogens is 4. The Morgan fingerprint density at radius 2 is 2.03 bits per heavy atom. The van der Waals surface area contributed by atoms with E-state index in [2.05, 4.69) is 27.5 Å². The van der Waals surface area contributed by atoms with E-state index >= 15 is 0 Å². The van der Waals surface area contributed by atoms with Crippen molar-refractivity contribution in [3.8, 4) is 10.7 Å². The molecule has 1 amide bonds. The van der Waals surface area contributed by atoms with Crippen LogP contribution in [0.3, 0.4) is 0 Å². The Bertz CT molecular complexity index is 1220. The van der Waals surface area contributed by atoms with Crippen LogP contribution in [0.15, 0.2) is 55.0 Å². The van der Waals surface area contributed by atoms with Gasteiger partial charge in [0.1, 0.15) is 0 Å². The van der Waals surface area contributed by atoms with Crippen LogP contribution in [0.2, 0.25) is 0 Å². The molecule has 1 aliphatic rings. The van der Waals surface area contributed by atoms with Gasteiger partial charge in [-0.2, -0.15) is 0 Å². The van der Waals surface area contributed by atoms with Gasteiger partial charge < -0.3 is 10.6 Å². The van der Waals surface area contributed by atoms with Gasteiger partial charge in [-0.25, -0.2) is 9.97 Å². The van der Waals surface area contributed by atoms with E-state index in [1.807, 2.05) is 47.0 Å². The number of carbonyl (C=O) groups is 1. The molecule has 2 N–H and O–H groups in total. The quantitative estimate of drug-likeness (QED) is 0.446. The fourth-order valence-electron chi connectivity index (χ4n) is 4.27. The standard InChI is InChI=1S/C24H26N6OS/c1-16-8-2-3-10-18(16)28-23(31)21-19-11-5-7-13-30(19)22(29-21)20-15-27-24(32-20)26-14-17-9-4-6-12-25-17/h4-7,9,11-13,15-16,18H,2-3,8,10,14H2,1H3,(H,26,27)(H,28,31). The van der Waals surface area contributed by atoms with E-state index in [0.29, 0.717) is 18.2 Å². The van der Waals surface area contributed by atoms with Gasteiger partial charge in [0, 0.05) is 18.4 Å². The molecule has 8 heteroatoms. The van der Waals surface area contributed by atoms with Gasteiger partial charge in [-0.15, -0.1) is 0 Å². The molecule has 4 aromatic heterocycles. The molecule has 4 heterocycles. The van der Waals surface area contributed by atoms with Crippen molar-refractivity contribution < 1.29 is 4.79 Å². The summed E-state index contributed by atoms with van der Waals surface area (Å²) in [4.78, 5) is 27.7. The van der Waals surface area contributed by atoms with Crippen LogP contribution in [0.5, 0.6) is 0 Å². The third-order valence-electron chi connectivity index (χ3n) is 6.06. The second-order valence-corrected chi connectivity index (χ2v) is 9.32. The van der Waals surface area contributed by atoms with E-state index in [-0.39, 0.29) is 11.9 Å². The molecule has 32 heavy (non-hydrogen) atoms. The van der Waals surface area contributed by atoms with Crippen molar-refractivity contribution in [2.75, 3.05) is 5.32 Å². The number of nitrogens with one attached hydrogen (secondary N) is 2. The molecule has 5 rings (SSSR count). The van der Waals surface area contributed by atoms with Crippen LogP contribution in [-0.2, 0) is 6.54 Å². The first-order chi connectivity index (χ1) is 15.7. The van der Waals surface area contributed by atoms with Gasteiger partial charge in [0.15, 0.2) is 16.6 Å². The molecule has 0 bridgehead atoms. The molecule has 1 saturated carbocycles. The largest absolute Gasteiger partial charge is 0.356 e. The number of pyridine rings is 2. The molecule has 1 aliphatic carbocycles. The molecule has 1 fully saturated rings. The van der Waals surface area contributed by atoms with Crippen molar-refractivity contribution >= 4 is 27.9 Å². The summed E-state index contributed by atoms with van der Waals surface area (Å²) < 4.78 is 1.97. The maximum Gasteiger partial charge on any atom is 0.272 e. The predicted octanol–water partition coefficient (Wildman–Crippen LogP) is 4.77.